The van der Waals surface area contributed by atoms with Gasteiger partial charge in [-0.3, -0.25) is 9.80 Å². The van der Waals surface area contributed by atoms with E-state index in [1.54, 1.807) is 0 Å². The number of allylic oxidation sites excluding steroid dienone is 4. The predicted octanol–water partition coefficient (Wildman–Crippen LogP) is 8.43. The third-order valence-corrected chi connectivity index (χ3v) is 9.10. The summed E-state index contributed by atoms with van der Waals surface area (Å²) in [5, 5.41) is 2.30. The Labute approximate surface area is 275 Å². The number of likely N-dealkylation sites (N-methyl/N-ethyl adjacent to an activating group) is 1. The maximum atomic E-state index is 5.15. The van der Waals surface area contributed by atoms with Crippen LogP contribution in [0.1, 0.15) is 13.8 Å². The lowest BCUT2D eigenvalue weighted by Gasteiger charge is -2.24. The number of fused-ring (bicyclic) bond motifs is 4. The van der Waals surface area contributed by atoms with Gasteiger partial charge in [0.2, 0.25) is 0 Å². The summed E-state index contributed by atoms with van der Waals surface area (Å²) in [6.07, 6.45) is 11.0. The molecule has 0 saturated carbocycles. The molecule has 2 aliphatic heterocycles. The SMILES string of the molecule is CCN1\C(=C/C=C/C=C/C2N(CC)c3nc4ccccc4cc3[NH+]2c2ccccc2)N(c2ccccc2)c2cc3ccccc3nc21. The molecule has 0 fully saturated rings. The number of quaternary nitrogens is 1. The van der Waals surface area contributed by atoms with Crippen LogP contribution in [-0.2, 0) is 0 Å². The normalized spacial score (nSPS) is 18.3. The average molecular weight is 614 g/mol. The highest BCUT2D eigenvalue weighted by Crippen LogP contribution is 2.46. The maximum absolute atomic E-state index is 5.15. The summed E-state index contributed by atoms with van der Waals surface area (Å²) in [5.41, 5.74) is 6.67. The van der Waals surface area contributed by atoms with E-state index < -0.39 is 0 Å². The first-order valence-corrected chi connectivity index (χ1v) is 16.4. The lowest BCUT2D eigenvalue weighted by atomic mass is 10.2. The zero-order valence-electron chi connectivity index (χ0n) is 26.7. The highest BCUT2D eigenvalue weighted by Gasteiger charge is 2.41. The van der Waals surface area contributed by atoms with E-state index in [1.165, 1.54) is 16.3 Å². The number of hydrogen-bond acceptors (Lipinski definition) is 5. The Kier molecular flexibility index (Phi) is 7.48. The first-order valence-electron chi connectivity index (χ1n) is 16.4. The van der Waals surface area contributed by atoms with Crippen LogP contribution in [0.5, 0.6) is 0 Å². The van der Waals surface area contributed by atoms with E-state index in [0.29, 0.717) is 0 Å². The fourth-order valence-corrected chi connectivity index (χ4v) is 6.97. The number of benzene rings is 4. The molecule has 0 aliphatic carbocycles. The van der Waals surface area contributed by atoms with Gasteiger partial charge in [0.1, 0.15) is 11.5 Å². The fraction of sp³-hybridized carbons (Fsp3) is 0.122. The molecular formula is C41H37N6+. The fourth-order valence-electron chi connectivity index (χ4n) is 6.97. The minimum atomic E-state index is 0.0688. The third kappa shape index (κ3) is 5.03. The summed E-state index contributed by atoms with van der Waals surface area (Å²) in [6.45, 7) is 6.05. The molecule has 6 nitrogen and oxygen atoms in total. The first-order chi connectivity index (χ1) is 23.2. The molecule has 6 aromatic rings. The molecule has 1 N–H and O–H groups in total. The second-order valence-corrected chi connectivity index (χ2v) is 11.8. The number of hydrogen-bond donors (Lipinski definition) is 1. The van der Waals surface area contributed by atoms with Crippen LogP contribution in [0.4, 0.5) is 34.4 Å². The zero-order chi connectivity index (χ0) is 31.7. The second-order valence-electron chi connectivity index (χ2n) is 11.8. The standard InChI is InChI=1S/C41H36N6/c1-3-44-38(46(32-20-8-5-9-21-32)36-28-30-18-14-16-24-34(30)42-40(36)44)26-12-7-13-27-39-45(4-2)41-37(47(39)33-22-10-6-11-23-33)29-31-19-15-17-25-35(31)43-41/h5-29,38H,3-4H2,1-2H3/p+1/b13-7+,26-12+,39-27+. The maximum Gasteiger partial charge on any atom is 0.196 e. The second kappa shape index (κ2) is 12.2. The van der Waals surface area contributed by atoms with Crippen molar-refractivity contribution in [3.8, 4) is 0 Å². The van der Waals surface area contributed by atoms with Crippen molar-refractivity contribution in [2.45, 2.75) is 20.0 Å². The van der Waals surface area contributed by atoms with Gasteiger partial charge in [0.15, 0.2) is 23.5 Å². The number of nitrogens with one attached hydrogen (secondary N) is 1. The number of rotatable bonds is 7. The smallest absolute Gasteiger partial charge is 0.196 e. The minimum absolute atomic E-state index is 0.0688. The van der Waals surface area contributed by atoms with Crippen LogP contribution in [0.25, 0.3) is 21.8 Å². The summed E-state index contributed by atoms with van der Waals surface area (Å²) in [5.74, 6) is 3.11. The number of anilines is 4. The van der Waals surface area contributed by atoms with Crippen molar-refractivity contribution in [2.24, 2.45) is 0 Å². The molecule has 230 valence electrons. The van der Waals surface area contributed by atoms with Crippen LogP contribution in [0.2, 0.25) is 0 Å². The topological polar surface area (TPSA) is 39.9 Å². The van der Waals surface area contributed by atoms with E-state index in [-0.39, 0.29) is 6.17 Å². The molecule has 4 aromatic carbocycles. The van der Waals surface area contributed by atoms with Gasteiger partial charge in [-0.05, 0) is 68.5 Å². The van der Waals surface area contributed by atoms with Crippen molar-refractivity contribution in [3.05, 3.63) is 158 Å². The van der Waals surface area contributed by atoms with Crippen LogP contribution < -0.4 is 19.6 Å². The average Bonchev–Trinajstić information content (AvgIpc) is 3.60. The molecule has 2 aliphatic rings. The van der Waals surface area contributed by atoms with E-state index >= 15 is 0 Å². The summed E-state index contributed by atoms with van der Waals surface area (Å²) >= 11 is 0. The van der Waals surface area contributed by atoms with Crippen LogP contribution in [0, 0.1) is 0 Å². The molecule has 2 atom stereocenters. The summed E-state index contributed by atoms with van der Waals surface area (Å²) in [4.78, 5) is 18.6. The molecule has 0 radical (unpaired) electrons. The number of aromatic nitrogens is 2. The molecule has 0 saturated heterocycles. The van der Waals surface area contributed by atoms with Gasteiger partial charge in [-0.2, -0.15) is 0 Å². The summed E-state index contributed by atoms with van der Waals surface area (Å²) < 4.78 is 0. The molecule has 47 heavy (non-hydrogen) atoms. The molecular weight excluding hydrogens is 576 g/mol. The van der Waals surface area contributed by atoms with E-state index in [0.717, 1.165) is 63.7 Å². The lowest BCUT2D eigenvalue weighted by molar-refractivity contribution is -0.774. The van der Waals surface area contributed by atoms with Gasteiger partial charge < -0.3 is 4.90 Å². The van der Waals surface area contributed by atoms with Crippen LogP contribution in [0.15, 0.2) is 158 Å². The quantitative estimate of drug-likeness (QED) is 0.183. The van der Waals surface area contributed by atoms with Gasteiger partial charge in [0.25, 0.3) is 0 Å². The zero-order valence-corrected chi connectivity index (χ0v) is 26.7. The Balaban J connectivity index is 1.15. The number of pyridine rings is 2. The van der Waals surface area contributed by atoms with Gasteiger partial charge in [0, 0.05) is 35.6 Å². The Morgan fingerprint density at radius 3 is 2.00 bits per heavy atom. The van der Waals surface area contributed by atoms with E-state index in [9.17, 15) is 0 Å². The molecule has 2 unspecified atom stereocenters. The van der Waals surface area contributed by atoms with Gasteiger partial charge in [0.05, 0.1) is 16.7 Å². The summed E-state index contributed by atoms with van der Waals surface area (Å²) in [6, 6.07) is 42.6. The van der Waals surface area contributed by atoms with Crippen LogP contribution >= 0.6 is 0 Å². The van der Waals surface area contributed by atoms with Crippen molar-refractivity contribution >= 4 is 56.2 Å². The first kappa shape index (κ1) is 28.7. The summed E-state index contributed by atoms with van der Waals surface area (Å²) in [7, 11) is 0. The molecule has 6 heteroatoms. The minimum Gasteiger partial charge on any atom is -0.311 e. The highest BCUT2D eigenvalue weighted by molar-refractivity contribution is 5.94. The largest absolute Gasteiger partial charge is 0.311 e. The van der Waals surface area contributed by atoms with Gasteiger partial charge >= 0.3 is 0 Å². The predicted molar refractivity (Wildman–Crippen MR) is 195 cm³/mol. The molecule has 0 amide bonds. The molecule has 4 heterocycles. The molecule has 0 spiro atoms. The molecule has 2 aromatic heterocycles. The Morgan fingerprint density at radius 2 is 1.30 bits per heavy atom. The number of nitrogens with zero attached hydrogens (tertiary/aromatic N) is 5. The van der Waals surface area contributed by atoms with Crippen molar-refractivity contribution < 1.29 is 4.90 Å². The van der Waals surface area contributed by atoms with E-state index in [2.05, 4.69) is 180 Å². The van der Waals surface area contributed by atoms with Crippen LogP contribution in [-0.4, -0.2) is 29.2 Å². The van der Waals surface area contributed by atoms with E-state index in [4.69, 9.17) is 9.97 Å². The van der Waals surface area contributed by atoms with E-state index in [1.807, 2.05) is 0 Å². The molecule has 8 rings (SSSR count). The van der Waals surface area contributed by atoms with Crippen molar-refractivity contribution in [3.63, 3.8) is 0 Å². The highest BCUT2D eigenvalue weighted by atomic mass is 15.4. The van der Waals surface area contributed by atoms with Crippen molar-refractivity contribution in [2.75, 3.05) is 27.8 Å². The number of para-hydroxylation sites is 4. The Bertz CT molecular complexity index is 2150. The van der Waals surface area contributed by atoms with Gasteiger partial charge in [-0.25, -0.2) is 14.9 Å². The molecule has 0 bridgehead atoms. The van der Waals surface area contributed by atoms with Crippen molar-refractivity contribution in [1.82, 2.24) is 9.97 Å². The Hall–Kier alpha value is -5.72. The monoisotopic (exact) mass is 613 g/mol. The van der Waals surface area contributed by atoms with Crippen molar-refractivity contribution in [1.29, 1.82) is 0 Å². The van der Waals surface area contributed by atoms with Crippen LogP contribution in [0.3, 0.4) is 0 Å². The lowest BCUT2D eigenvalue weighted by Crippen LogP contribution is -3.06. The van der Waals surface area contributed by atoms with Gasteiger partial charge in [-0.15, -0.1) is 0 Å². The van der Waals surface area contributed by atoms with Gasteiger partial charge in [-0.1, -0.05) is 91.0 Å². The Morgan fingerprint density at radius 1 is 0.660 bits per heavy atom. The third-order valence-electron chi connectivity index (χ3n) is 9.10.